The summed E-state index contributed by atoms with van der Waals surface area (Å²) in [6.45, 7) is 10.8. The number of ketones is 2. The number of ether oxygens (including phenoxy) is 6. The van der Waals surface area contributed by atoms with E-state index in [0.29, 0.717) is 35.1 Å². The van der Waals surface area contributed by atoms with E-state index in [-0.39, 0.29) is 110 Å². The molecular weight excluding hydrogens is 1360 g/mol. The number of hydrogen-bond acceptors (Lipinski definition) is 16. The summed E-state index contributed by atoms with van der Waals surface area (Å²) >= 11 is 0. The van der Waals surface area contributed by atoms with Gasteiger partial charge in [0.05, 0.1) is 30.8 Å². The van der Waals surface area contributed by atoms with Crippen molar-refractivity contribution >= 4 is 47.3 Å². The van der Waals surface area contributed by atoms with Crippen LogP contribution in [0.3, 0.4) is 0 Å². The van der Waals surface area contributed by atoms with Gasteiger partial charge in [0.2, 0.25) is 16.3 Å². The first kappa shape index (κ1) is 81.2. The Bertz CT molecular complexity index is 4670. The topological polar surface area (TPSA) is 293 Å². The van der Waals surface area contributed by atoms with Crippen LogP contribution in [-0.2, 0) is 64.9 Å². The Kier molecular flexibility index (Phi) is 29.4. The number of aromatic carboxylic acids is 1. The summed E-state index contributed by atoms with van der Waals surface area (Å²) < 4.78 is 77.7. The number of carboxylic acids is 1. The predicted molar refractivity (Wildman–Crippen MR) is 380 cm³/mol. The minimum Gasteiger partial charge on any atom is -0.503 e. The van der Waals surface area contributed by atoms with Crippen LogP contribution in [-0.4, -0.2) is 98.7 Å². The third-order valence-electron chi connectivity index (χ3n) is 16.9. The van der Waals surface area contributed by atoms with Gasteiger partial charge in [0, 0.05) is 83.3 Å². The van der Waals surface area contributed by atoms with E-state index in [4.69, 9.17) is 28.4 Å². The Morgan fingerprint density at radius 2 is 0.854 bits per heavy atom. The molecule has 5 aromatic carbocycles. The van der Waals surface area contributed by atoms with E-state index in [9.17, 15) is 66.5 Å². The van der Waals surface area contributed by atoms with E-state index in [1.807, 2.05) is 50.2 Å². The van der Waals surface area contributed by atoms with Crippen molar-refractivity contribution in [3.05, 3.63) is 279 Å². The lowest BCUT2D eigenvalue weighted by Crippen LogP contribution is -2.36. The largest absolute Gasteiger partial charge is 0.503 e. The van der Waals surface area contributed by atoms with Crippen LogP contribution in [0.25, 0.3) is 5.52 Å². The Balaban J connectivity index is 0.000000245. The fourth-order valence-electron chi connectivity index (χ4n) is 10.1. The Hall–Kier alpha value is -10.8. The smallest absolute Gasteiger partial charge is 0.341 e. The van der Waals surface area contributed by atoms with Gasteiger partial charge in [0.1, 0.15) is 36.2 Å². The quantitative estimate of drug-likeness (QED) is 0.0250. The molecule has 0 fully saturated rings. The number of hydrogen-bond donors (Lipinski definition) is 4. The van der Waals surface area contributed by atoms with E-state index in [1.54, 1.807) is 76.2 Å². The lowest BCUT2D eigenvalue weighted by molar-refractivity contribution is -0.111. The van der Waals surface area contributed by atoms with Crippen LogP contribution >= 0.6 is 12.4 Å². The lowest BCUT2D eigenvalue weighted by atomic mass is 9.82. The number of nitrogens with zero attached hydrogens (tertiary/aromatic N) is 4. The highest BCUT2D eigenvalue weighted by Gasteiger charge is 2.35. The molecule has 4 aromatic heterocycles. The van der Waals surface area contributed by atoms with Crippen molar-refractivity contribution in [2.45, 2.75) is 113 Å². The van der Waals surface area contributed by atoms with Crippen LogP contribution in [0.4, 0.5) is 13.2 Å². The van der Waals surface area contributed by atoms with E-state index in [2.05, 4.69) is 10.6 Å². The fraction of sp³-hybridized carbons (Fsp3) is 0.303. The zero-order chi connectivity index (χ0) is 74.6. The molecular formula is C76H82ClF3N6O17. The molecule has 0 radical (unpaired) electrons. The third kappa shape index (κ3) is 20.9. The molecule has 546 valence electrons. The standard InChI is InChI=1S/C30H35FN2O6.C25H25FN2O7.C21H21FN2O4.ClH/c1-6-30(2,3)28(35)23-17-33(18-24(37-4)38-5)25(29(36)32-16-20-12-14-22(31)15-13-20)27(26(23)34)39-19-21-10-8-7-9-11-21;1-33-20(34-2)14-28-13-19(25(31)32)22(29)23(35-15-17-6-4-3-5-7-17)21(28)24(30)27-12-16-8-10-18(26)11-9-16;1-4-21(2,3)19(27)15-12-23-9-10-24(11-13-5-7-14(22)8-6-13)20(28)16(23)18(26)17(15)25;/h7-15,17,24H,6,16,18-19H2,1-5H3,(H,32,36);3-11,13,20H,12,14-15H2,1-2H3,(H,27,30)(H,31,32);5-10,12,26H,4,11H2,1-3H3;1H. The summed E-state index contributed by atoms with van der Waals surface area (Å²) in [6, 6.07) is 35.0. The molecule has 27 heteroatoms. The normalized spacial score (nSPS) is 11.2. The van der Waals surface area contributed by atoms with Crippen molar-refractivity contribution in [1.82, 2.24) is 28.7 Å². The number of amides is 2. The molecule has 23 nitrogen and oxygen atoms in total. The van der Waals surface area contributed by atoms with E-state index >= 15 is 0 Å². The number of carboxylic acid groups (broad SMARTS) is 1. The van der Waals surface area contributed by atoms with Gasteiger partial charge < -0.3 is 67.4 Å². The number of fused-ring (bicyclic) bond motifs is 1. The number of benzene rings is 5. The monoisotopic (exact) mass is 1440 g/mol. The summed E-state index contributed by atoms with van der Waals surface area (Å²) in [7, 11) is 5.67. The SMILES string of the molecule is CCC(C)(C)C(=O)c1cn(CC(OC)OC)c(C(=O)NCc2ccc(F)cc2)c(OCc2ccccc2)c1=O.CCC(C)(C)C(=O)c1cn2ccn(Cc3ccc(F)cc3)c(=O)c2c(O)c1=O.COC(Cn1cc(C(=O)O)c(=O)c(OCc2ccccc2)c1C(=O)NCc1ccc(F)cc1)OC.Cl. The van der Waals surface area contributed by atoms with Crippen LogP contribution < -0.4 is 42.0 Å². The van der Waals surface area contributed by atoms with Gasteiger partial charge in [0.25, 0.3) is 17.4 Å². The first-order valence-electron chi connectivity index (χ1n) is 32.2. The number of carbonyl (C=O) groups excluding carboxylic acids is 4. The molecule has 0 aliphatic heterocycles. The molecule has 2 amide bonds. The molecule has 0 saturated carbocycles. The summed E-state index contributed by atoms with van der Waals surface area (Å²) in [5, 5.41) is 25.4. The van der Waals surface area contributed by atoms with Crippen molar-refractivity contribution in [2.24, 2.45) is 10.8 Å². The second-order valence-corrected chi connectivity index (χ2v) is 24.6. The Labute approximate surface area is 597 Å². The zero-order valence-corrected chi connectivity index (χ0v) is 59.3. The lowest BCUT2D eigenvalue weighted by Gasteiger charge is -2.25. The molecule has 0 saturated heterocycles. The van der Waals surface area contributed by atoms with Crippen molar-refractivity contribution in [2.75, 3.05) is 28.4 Å². The fourth-order valence-corrected chi connectivity index (χ4v) is 10.1. The molecule has 0 unspecified atom stereocenters. The van der Waals surface area contributed by atoms with Gasteiger partial charge in [-0.3, -0.25) is 38.4 Å². The Morgan fingerprint density at radius 1 is 0.485 bits per heavy atom. The van der Waals surface area contributed by atoms with E-state index in [0.717, 1.165) is 11.8 Å². The number of Topliss-reactive ketones (excluding diaryl/α,β-unsaturated/α-hetero) is 2. The summed E-state index contributed by atoms with van der Waals surface area (Å²) in [5.74, 6) is -6.15. The second kappa shape index (κ2) is 37.2. The maximum absolute atomic E-state index is 13.8. The summed E-state index contributed by atoms with van der Waals surface area (Å²) in [4.78, 5) is 117. The van der Waals surface area contributed by atoms with Gasteiger partial charge in [-0.15, -0.1) is 12.4 Å². The Morgan fingerprint density at radius 3 is 1.23 bits per heavy atom. The van der Waals surface area contributed by atoms with Crippen molar-refractivity contribution in [3.8, 4) is 17.2 Å². The first-order chi connectivity index (χ1) is 48.6. The van der Waals surface area contributed by atoms with Gasteiger partial charge in [-0.25, -0.2) is 18.0 Å². The number of carbonyl (C=O) groups is 5. The number of methoxy groups -OCH3 is 4. The molecule has 0 aliphatic carbocycles. The minimum atomic E-state index is -1.47. The maximum Gasteiger partial charge on any atom is 0.341 e. The highest BCUT2D eigenvalue weighted by molar-refractivity contribution is 6.02. The van der Waals surface area contributed by atoms with Gasteiger partial charge in [0.15, 0.2) is 58.3 Å². The van der Waals surface area contributed by atoms with Crippen molar-refractivity contribution in [1.29, 1.82) is 0 Å². The summed E-state index contributed by atoms with van der Waals surface area (Å²) in [5.41, 5.74) is -2.50. The van der Waals surface area contributed by atoms with Gasteiger partial charge >= 0.3 is 5.97 Å². The van der Waals surface area contributed by atoms with Crippen molar-refractivity contribution < 1.29 is 75.8 Å². The molecule has 0 atom stereocenters. The number of aromatic nitrogens is 4. The highest BCUT2D eigenvalue weighted by atomic mass is 35.5. The average molecular weight is 1440 g/mol. The number of nitrogens with one attached hydrogen (secondary N) is 2. The highest BCUT2D eigenvalue weighted by Crippen LogP contribution is 2.29. The van der Waals surface area contributed by atoms with Crippen LogP contribution in [0.15, 0.2) is 184 Å². The van der Waals surface area contributed by atoms with Crippen molar-refractivity contribution in [3.63, 3.8) is 0 Å². The van der Waals surface area contributed by atoms with Crippen LogP contribution in [0, 0.1) is 28.3 Å². The second-order valence-electron chi connectivity index (χ2n) is 24.6. The van der Waals surface area contributed by atoms with Crippen LogP contribution in [0.5, 0.6) is 17.2 Å². The average Bonchev–Trinajstić information content (AvgIpc) is 0.774. The van der Waals surface area contributed by atoms with Crippen LogP contribution in [0.2, 0.25) is 0 Å². The van der Waals surface area contributed by atoms with Gasteiger partial charge in [-0.05, 0) is 77.1 Å². The number of aromatic hydroxyl groups is 1. The van der Waals surface area contributed by atoms with E-state index in [1.165, 1.54) is 120 Å². The summed E-state index contributed by atoms with van der Waals surface area (Å²) in [6.07, 6.45) is 6.10. The molecule has 0 aliphatic rings. The molecule has 9 rings (SSSR count). The van der Waals surface area contributed by atoms with Crippen LogP contribution in [0.1, 0.15) is 134 Å². The predicted octanol–water partition coefficient (Wildman–Crippen LogP) is 10.9. The van der Waals surface area contributed by atoms with E-state index < -0.39 is 91.7 Å². The zero-order valence-electron chi connectivity index (χ0n) is 58.5. The molecule has 4 heterocycles. The number of rotatable bonds is 29. The molecule has 0 spiro atoms. The maximum atomic E-state index is 13.8. The first-order valence-corrected chi connectivity index (χ1v) is 32.2. The van der Waals surface area contributed by atoms with Gasteiger partial charge in [-0.2, -0.15) is 0 Å². The molecule has 103 heavy (non-hydrogen) atoms. The molecule has 4 N–H and O–H groups in total. The third-order valence-corrected chi connectivity index (χ3v) is 16.9. The minimum absolute atomic E-state index is 0. The molecule has 9 aromatic rings. The van der Waals surface area contributed by atoms with Gasteiger partial charge in [-0.1, -0.05) is 139 Å². The number of halogens is 4. The molecule has 0 bridgehead atoms. The number of pyridine rings is 3.